The summed E-state index contributed by atoms with van der Waals surface area (Å²) in [5.74, 6) is 0.0646. The van der Waals surface area contributed by atoms with E-state index in [1.54, 1.807) is 13.3 Å². The van der Waals surface area contributed by atoms with E-state index in [1.165, 1.54) is 22.5 Å². The minimum Gasteiger partial charge on any atom is -0.497 e. The number of halogens is 1. The van der Waals surface area contributed by atoms with E-state index >= 15 is 0 Å². The van der Waals surface area contributed by atoms with Crippen LogP contribution in [0.2, 0.25) is 0 Å². The van der Waals surface area contributed by atoms with Crippen LogP contribution in [0, 0.1) is 11.7 Å². The summed E-state index contributed by atoms with van der Waals surface area (Å²) in [4.78, 5) is 17.3. The van der Waals surface area contributed by atoms with Gasteiger partial charge in [0.1, 0.15) is 28.3 Å². The molecule has 1 fully saturated rings. The number of aryl methyl sites for hydroxylation is 1. The average Bonchev–Trinajstić information content (AvgIpc) is 3.28. The van der Waals surface area contributed by atoms with Gasteiger partial charge in [0.2, 0.25) is 15.9 Å². The number of benzene rings is 2. The Morgan fingerprint density at radius 2 is 1.82 bits per heavy atom. The van der Waals surface area contributed by atoms with E-state index in [1.807, 2.05) is 42.1 Å². The lowest BCUT2D eigenvalue weighted by Crippen LogP contribution is -2.44. The summed E-state index contributed by atoms with van der Waals surface area (Å²) >= 11 is 0. The number of nitrogens with one attached hydrogen (secondary N) is 1. The summed E-state index contributed by atoms with van der Waals surface area (Å²) in [6, 6.07) is 12.3. The Bertz CT molecular complexity index is 1250. The third kappa shape index (κ3) is 4.83. The van der Waals surface area contributed by atoms with Crippen LogP contribution in [0.5, 0.6) is 5.75 Å². The minimum absolute atomic E-state index is 0.143. The van der Waals surface area contributed by atoms with Crippen LogP contribution in [0.15, 0.2) is 65.8 Å². The number of imidazole rings is 1. The van der Waals surface area contributed by atoms with Crippen molar-refractivity contribution in [3.8, 4) is 5.75 Å². The first kappa shape index (κ1) is 23.9. The maximum Gasteiger partial charge on any atom is 0.245 e. The van der Waals surface area contributed by atoms with Gasteiger partial charge in [-0.2, -0.15) is 4.31 Å². The van der Waals surface area contributed by atoms with Crippen molar-refractivity contribution >= 4 is 15.9 Å². The first-order valence-corrected chi connectivity index (χ1v) is 12.4. The van der Waals surface area contributed by atoms with Crippen LogP contribution in [-0.4, -0.2) is 48.4 Å². The quantitative estimate of drug-likeness (QED) is 0.554. The molecule has 0 saturated carbocycles. The molecule has 10 heteroatoms. The van der Waals surface area contributed by atoms with E-state index < -0.39 is 21.9 Å². The summed E-state index contributed by atoms with van der Waals surface area (Å²) in [5.41, 5.74) is 0.850. The summed E-state index contributed by atoms with van der Waals surface area (Å²) in [5, 5.41) is 3.09. The molecule has 4 rings (SSSR count). The molecule has 1 atom stereocenters. The second-order valence-electron chi connectivity index (χ2n) is 8.22. The van der Waals surface area contributed by atoms with Gasteiger partial charge < -0.3 is 14.6 Å². The summed E-state index contributed by atoms with van der Waals surface area (Å²) in [6.07, 6.45) is 4.17. The molecule has 1 unspecified atom stereocenters. The molecule has 8 nitrogen and oxygen atoms in total. The lowest BCUT2D eigenvalue weighted by Gasteiger charge is -2.31. The first-order valence-electron chi connectivity index (χ1n) is 11.0. The Kier molecular flexibility index (Phi) is 6.99. The predicted molar refractivity (Wildman–Crippen MR) is 124 cm³/mol. The number of hydrogen-bond acceptors (Lipinski definition) is 5. The van der Waals surface area contributed by atoms with Crippen LogP contribution in [0.4, 0.5) is 4.39 Å². The molecule has 180 valence electrons. The molecule has 1 aliphatic rings. The maximum absolute atomic E-state index is 14.1. The van der Waals surface area contributed by atoms with Crippen molar-refractivity contribution in [2.75, 3.05) is 20.2 Å². The number of carbonyl (C=O) groups excluding carboxylic acids is 1. The number of sulfonamides is 1. The van der Waals surface area contributed by atoms with Gasteiger partial charge in [0.25, 0.3) is 0 Å². The Morgan fingerprint density at radius 3 is 2.41 bits per heavy atom. The molecule has 0 spiro atoms. The fourth-order valence-corrected chi connectivity index (χ4v) is 5.69. The Morgan fingerprint density at radius 1 is 1.15 bits per heavy atom. The summed E-state index contributed by atoms with van der Waals surface area (Å²) < 4.78 is 48.1. The fourth-order valence-electron chi connectivity index (χ4n) is 4.16. The second kappa shape index (κ2) is 9.94. The highest BCUT2D eigenvalue weighted by Crippen LogP contribution is 2.28. The smallest absolute Gasteiger partial charge is 0.245 e. The normalized spacial score (nSPS) is 16.2. The van der Waals surface area contributed by atoms with Crippen molar-refractivity contribution < 1.29 is 22.3 Å². The number of carbonyl (C=O) groups is 1. The van der Waals surface area contributed by atoms with Crippen LogP contribution in [0.25, 0.3) is 0 Å². The highest BCUT2D eigenvalue weighted by Gasteiger charge is 2.34. The van der Waals surface area contributed by atoms with Gasteiger partial charge >= 0.3 is 0 Å². The molecule has 0 bridgehead atoms. The van der Waals surface area contributed by atoms with Gasteiger partial charge in [0.15, 0.2) is 0 Å². The van der Waals surface area contributed by atoms with Crippen LogP contribution < -0.4 is 10.1 Å². The molecule has 1 amide bonds. The lowest BCUT2D eigenvalue weighted by atomic mass is 9.96. The van der Waals surface area contributed by atoms with Gasteiger partial charge in [-0.15, -0.1) is 0 Å². The molecule has 0 radical (unpaired) electrons. The highest BCUT2D eigenvalue weighted by molar-refractivity contribution is 7.89. The van der Waals surface area contributed by atoms with Gasteiger partial charge in [0.05, 0.1) is 7.11 Å². The monoisotopic (exact) mass is 486 g/mol. The maximum atomic E-state index is 14.1. The third-order valence-corrected chi connectivity index (χ3v) is 8.06. The van der Waals surface area contributed by atoms with Crippen molar-refractivity contribution in [1.29, 1.82) is 0 Å². The summed E-state index contributed by atoms with van der Waals surface area (Å²) in [7, 11) is -0.507. The summed E-state index contributed by atoms with van der Waals surface area (Å²) in [6.45, 7) is 0.286. The Hall–Kier alpha value is -3.24. The number of hydrogen-bond donors (Lipinski definition) is 1. The van der Waals surface area contributed by atoms with Crippen molar-refractivity contribution in [2.24, 2.45) is 13.0 Å². The number of rotatable bonds is 7. The fraction of sp³-hybridized carbons (Fsp3) is 0.333. The van der Waals surface area contributed by atoms with Crippen molar-refractivity contribution in [3.63, 3.8) is 0 Å². The zero-order valence-corrected chi connectivity index (χ0v) is 19.8. The third-order valence-electron chi connectivity index (χ3n) is 6.13. The van der Waals surface area contributed by atoms with E-state index in [0.717, 1.165) is 11.6 Å². The Labute approximate surface area is 198 Å². The van der Waals surface area contributed by atoms with Crippen molar-refractivity contribution in [1.82, 2.24) is 19.2 Å². The van der Waals surface area contributed by atoms with Crippen LogP contribution in [0.1, 0.15) is 30.3 Å². The van der Waals surface area contributed by atoms with E-state index in [9.17, 15) is 17.6 Å². The van der Waals surface area contributed by atoms with E-state index in [2.05, 4.69) is 10.3 Å². The predicted octanol–water partition coefficient (Wildman–Crippen LogP) is 2.87. The SMILES string of the molecule is COc1ccc(C(NC(=O)C2CCN(S(=O)(=O)c3ccccc3F)CC2)c2nccn2C)cc1. The standard InChI is InChI=1S/C24H27FN4O4S/c1-28-16-13-26-23(28)22(17-7-9-19(33-2)10-8-17)27-24(30)18-11-14-29(15-12-18)34(31,32)21-6-4-3-5-20(21)25/h3-10,13,16,18,22H,11-12,14-15H2,1-2H3,(H,27,30). The minimum atomic E-state index is -3.95. The molecule has 2 heterocycles. The molecule has 1 N–H and O–H groups in total. The van der Waals surface area contributed by atoms with Crippen LogP contribution >= 0.6 is 0 Å². The highest BCUT2D eigenvalue weighted by atomic mass is 32.2. The number of amides is 1. The van der Waals surface area contributed by atoms with Crippen molar-refractivity contribution in [3.05, 3.63) is 78.1 Å². The molecule has 1 saturated heterocycles. The van der Waals surface area contributed by atoms with Crippen molar-refractivity contribution in [2.45, 2.75) is 23.8 Å². The van der Waals surface area contributed by atoms with Gasteiger partial charge in [-0.25, -0.2) is 17.8 Å². The number of ether oxygens (including phenoxy) is 1. The zero-order chi connectivity index (χ0) is 24.3. The molecule has 2 aromatic carbocycles. The molecular formula is C24H27FN4O4S. The first-order chi connectivity index (χ1) is 16.3. The Balaban J connectivity index is 1.47. The second-order valence-corrected chi connectivity index (χ2v) is 10.1. The molecule has 1 aromatic heterocycles. The number of nitrogens with zero attached hydrogens (tertiary/aromatic N) is 3. The van der Waals surface area contributed by atoms with Gasteiger partial charge in [-0.1, -0.05) is 24.3 Å². The molecule has 0 aliphatic carbocycles. The topological polar surface area (TPSA) is 93.5 Å². The zero-order valence-electron chi connectivity index (χ0n) is 19.0. The van der Waals surface area contributed by atoms with Gasteiger partial charge in [-0.3, -0.25) is 4.79 Å². The van der Waals surface area contributed by atoms with Gasteiger partial charge in [-0.05, 0) is 42.7 Å². The van der Waals surface area contributed by atoms with E-state index in [4.69, 9.17) is 4.74 Å². The molecule has 3 aromatic rings. The lowest BCUT2D eigenvalue weighted by molar-refractivity contribution is -0.126. The van der Waals surface area contributed by atoms with E-state index in [0.29, 0.717) is 24.4 Å². The van der Waals surface area contributed by atoms with Crippen LogP contribution in [0.3, 0.4) is 0 Å². The molecule has 34 heavy (non-hydrogen) atoms. The molecule has 1 aliphatic heterocycles. The van der Waals surface area contributed by atoms with Crippen LogP contribution in [-0.2, 0) is 21.9 Å². The largest absolute Gasteiger partial charge is 0.497 e. The average molecular weight is 487 g/mol. The molecular weight excluding hydrogens is 459 g/mol. The number of aromatic nitrogens is 2. The number of methoxy groups -OCH3 is 1. The number of piperidine rings is 1. The van der Waals surface area contributed by atoms with Gasteiger partial charge in [0, 0.05) is 38.4 Å². The van der Waals surface area contributed by atoms with E-state index in [-0.39, 0.29) is 29.8 Å².